The van der Waals surface area contributed by atoms with Crippen molar-refractivity contribution in [2.75, 3.05) is 5.32 Å². The molecule has 0 saturated heterocycles. The number of hydrogen-bond donors (Lipinski definition) is 3. The molecular weight excluding hydrogens is 392 g/mol. The Morgan fingerprint density at radius 1 is 1.23 bits per heavy atom. The predicted molar refractivity (Wildman–Crippen MR) is 118 cm³/mol. The van der Waals surface area contributed by atoms with E-state index in [9.17, 15) is 4.79 Å². The summed E-state index contributed by atoms with van der Waals surface area (Å²) in [6, 6.07) is 8.14. The lowest BCUT2D eigenvalue weighted by Gasteiger charge is -2.21. The second-order valence-corrected chi connectivity index (χ2v) is 7.92. The van der Waals surface area contributed by atoms with Gasteiger partial charge in [0, 0.05) is 23.5 Å². The number of benzene rings is 1. The average Bonchev–Trinajstić information content (AvgIpc) is 3.25. The average molecular weight is 412 g/mol. The van der Waals surface area contributed by atoms with E-state index in [0.29, 0.717) is 11.5 Å². The van der Waals surface area contributed by atoms with E-state index in [1.54, 1.807) is 12.5 Å². The molecule has 5 aromatic rings. The molecule has 6 rings (SSSR count). The first-order valence-electron chi connectivity index (χ1n) is 10.3. The molecule has 1 aliphatic carbocycles. The van der Waals surface area contributed by atoms with Crippen LogP contribution in [0.4, 0.5) is 5.82 Å². The summed E-state index contributed by atoms with van der Waals surface area (Å²) in [5.74, 6) is 0.664. The lowest BCUT2D eigenvalue weighted by Crippen LogP contribution is -2.26. The third-order valence-corrected chi connectivity index (χ3v) is 5.85. The Balaban J connectivity index is 1.51. The first-order valence-corrected chi connectivity index (χ1v) is 10.3. The van der Waals surface area contributed by atoms with Crippen LogP contribution in [-0.2, 0) is 0 Å². The molecule has 0 amide bonds. The molecule has 1 aliphatic rings. The van der Waals surface area contributed by atoms with Crippen molar-refractivity contribution in [2.24, 2.45) is 0 Å². The molecule has 3 N–H and O–H groups in total. The van der Waals surface area contributed by atoms with Crippen LogP contribution in [0.1, 0.15) is 37.5 Å². The lowest BCUT2D eigenvalue weighted by molar-refractivity contribution is 0.636. The molecule has 9 nitrogen and oxygen atoms in total. The summed E-state index contributed by atoms with van der Waals surface area (Å²) in [5, 5.41) is 12.0. The van der Waals surface area contributed by atoms with Crippen molar-refractivity contribution < 1.29 is 0 Å². The highest BCUT2D eigenvalue weighted by Crippen LogP contribution is 2.38. The van der Waals surface area contributed by atoms with Crippen LogP contribution in [0.25, 0.3) is 33.1 Å². The Labute approximate surface area is 176 Å². The Kier molecular flexibility index (Phi) is 3.89. The minimum Gasteiger partial charge on any atom is -0.360 e. The molecule has 1 atom stereocenters. The summed E-state index contributed by atoms with van der Waals surface area (Å²) < 4.78 is 1.95. The first-order chi connectivity index (χ1) is 15.2. The van der Waals surface area contributed by atoms with E-state index in [1.165, 1.54) is 6.33 Å². The van der Waals surface area contributed by atoms with E-state index in [4.69, 9.17) is 0 Å². The van der Waals surface area contributed by atoms with Crippen LogP contribution in [0, 0.1) is 0 Å². The largest absolute Gasteiger partial charge is 0.360 e. The monoisotopic (exact) mass is 412 g/mol. The molecule has 1 unspecified atom stereocenters. The van der Waals surface area contributed by atoms with Crippen LogP contribution in [0.15, 0.2) is 54.1 Å². The van der Waals surface area contributed by atoms with Gasteiger partial charge in [-0.15, -0.1) is 0 Å². The third-order valence-electron chi connectivity index (χ3n) is 5.85. The number of imidazole rings is 1. The molecule has 4 aromatic heterocycles. The Hall–Kier alpha value is -4.01. The molecule has 1 fully saturated rings. The van der Waals surface area contributed by atoms with Gasteiger partial charge in [-0.25, -0.2) is 15.0 Å². The fourth-order valence-corrected chi connectivity index (χ4v) is 4.23. The molecule has 0 aliphatic heterocycles. The minimum absolute atomic E-state index is 0.0369. The molecule has 0 bridgehead atoms. The Morgan fingerprint density at radius 2 is 2.13 bits per heavy atom. The van der Waals surface area contributed by atoms with E-state index in [2.05, 4.69) is 41.5 Å². The van der Waals surface area contributed by atoms with Gasteiger partial charge in [0.05, 0.1) is 24.0 Å². The van der Waals surface area contributed by atoms with Crippen LogP contribution in [0.2, 0.25) is 0 Å². The zero-order valence-electron chi connectivity index (χ0n) is 16.8. The number of nitrogens with zero attached hydrogens (tertiary/aromatic N) is 5. The van der Waals surface area contributed by atoms with Gasteiger partial charge >= 0.3 is 0 Å². The number of pyridine rings is 1. The number of aromatic nitrogens is 7. The lowest BCUT2D eigenvalue weighted by atomic mass is 10.00. The van der Waals surface area contributed by atoms with Gasteiger partial charge in [0.15, 0.2) is 11.5 Å². The maximum absolute atomic E-state index is 13.7. The smallest absolute Gasteiger partial charge is 0.259 e. The number of anilines is 1. The second-order valence-electron chi connectivity index (χ2n) is 7.92. The minimum atomic E-state index is -0.142. The number of hydrogen-bond acceptors (Lipinski definition) is 6. The van der Waals surface area contributed by atoms with Gasteiger partial charge in [-0.2, -0.15) is 5.10 Å². The molecule has 4 heterocycles. The SMILES string of the molecule is CC(Nc1ncnc2nc[nH]c12)c1cc2cccc(-c3cn[nH]c3)c2c(=O)n1C1CC1. The van der Waals surface area contributed by atoms with E-state index >= 15 is 0 Å². The van der Waals surface area contributed by atoms with Crippen molar-refractivity contribution in [1.29, 1.82) is 0 Å². The van der Waals surface area contributed by atoms with Crippen molar-refractivity contribution in [3.05, 3.63) is 65.4 Å². The predicted octanol–water partition coefficient (Wildman–Crippen LogP) is 3.57. The number of fused-ring (bicyclic) bond motifs is 2. The van der Waals surface area contributed by atoms with Gasteiger partial charge in [-0.05, 0) is 36.8 Å². The normalized spacial score (nSPS) is 14.9. The van der Waals surface area contributed by atoms with Gasteiger partial charge in [0.1, 0.15) is 11.8 Å². The highest BCUT2D eigenvalue weighted by atomic mass is 16.1. The third kappa shape index (κ3) is 2.89. The summed E-state index contributed by atoms with van der Waals surface area (Å²) in [6.45, 7) is 2.05. The fourth-order valence-electron chi connectivity index (χ4n) is 4.23. The van der Waals surface area contributed by atoms with Crippen molar-refractivity contribution in [1.82, 2.24) is 34.7 Å². The van der Waals surface area contributed by atoms with E-state index in [-0.39, 0.29) is 17.6 Å². The van der Waals surface area contributed by atoms with Gasteiger partial charge < -0.3 is 14.9 Å². The highest BCUT2D eigenvalue weighted by Gasteiger charge is 2.30. The van der Waals surface area contributed by atoms with Gasteiger partial charge in [-0.1, -0.05) is 18.2 Å². The summed E-state index contributed by atoms with van der Waals surface area (Å²) in [4.78, 5) is 29.6. The quantitative estimate of drug-likeness (QED) is 0.406. The van der Waals surface area contributed by atoms with Gasteiger partial charge in [-0.3, -0.25) is 9.89 Å². The van der Waals surface area contributed by atoms with E-state index in [1.807, 2.05) is 35.9 Å². The molecule has 0 radical (unpaired) electrons. The second kappa shape index (κ2) is 6.76. The first kappa shape index (κ1) is 17.8. The molecule has 1 aromatic carbocycles. The van der Waals surface area contributed by atoms with Crippen LogP contribution in [0.3, 0.4) is 0 Å². The van der Waals surface area contributed by atoms with Crippen molar-refractivity contribution in [2.45, 2.75) is 31.8 Å². The van der Waals surface area contributed by atoms with Crippen LogP contribution >= 0.6 is 0 Å². The maximum Gasteiger partial charge on any atom is 0.259 e. The van der Waals surface area contributed by atoms with Crippen molar-refractivity contribution in [3.8, 4) is 11.1 Å². The summed E-state index contributed by atoms with van der Waals surface area (Å²) in [7, 11) is 0. The van der Waals surface area contributed by atoms with E-state index in [0.717, 1.165) is 46.0 Å². The van der Waals surface area contributed by atoms with E-state index < -0.39 is 0 Å². The van der Waals surface area contributed by atoms with Crippen molar-refractivity contribution >= 4 is 27.8 Å². The standard InChI is InChI=1S/C22H20N8O/c1-12(29-21-19-20(24-10-23-19)25-11-26-21)17-7-13-3-2-4-16(14-8-27-28-9-14)18(13)22(31)30(17)15-5-6-15/h2-4,7-12,15H,5-6H2,1H3,(H,27,28)(H2,23,24,25,26,29). The zero-order chi connectivity index (χ0) is 20.9. The maximum atomic E-state index is 13.7. The molecule has 9 heteroatoms. The van der Waals surface area contributed by atoms with Gasteiger partial charge in [0.25, 0.3) is 5.56 Å². The number of H-pyrrole nitrogens is 2. The van der Waals surface area contributed by atoms with Crippen LogP contribution < -0.4 is 10.9 Å². The van der Waals surface area contributed by atoms with Gasteiger partial charge in [0.2, 0.25) is 0 Å². The van der Waals surface area contributed by atoms with Crippen LogP contribution in [0.5, 0.6) is 0 Å². The Morgan fingerprint density at radius 3 is 2.94 bits per heavy atom. The zero-order valence-corrected chi connectivity index (χ0v) is 16.8. The topological polar surface area (TPSA) is 117 Å². The molecule has 154 valence electrons. The summed E-state index contributed by atoms with van der Waals surface area (Å²) in [5.41, 5.74) is 4.13. The molecule has 31 heavy (non-hydrogen) atoms. The Bertz CT molecular complexity index is 1460. The number of rotatable bonds is 5. The fraction of sp³-hybridized carbons (Fsp3) is 0.227. The highest BCUT2D eigenvalue weighted by molar-refractivity contribution is 5.96. The van der Waals surface area contributed by atoms with Crippen molar-refractivity contribution in [3.63, 3.8) is 0 Å². The molecule has 0 spiro atoms. The number of nitrogens with one attached hydrogen (secondary N) is 3. The summed E-state index contributed by atoms with van der Waals surface area (Å²) >= 11 is 0. The summed E-state index contributed by atoms with van der Waals surface area (Å²) in [6.07, 6.45) is 8.68. The molecule has 1 saturated carbocycles. The number of aromatic amines is 2. The molecular formula is C22H20N8O. The van der Waals surface area contributed by atoms with Crippen LogP contribution in [-0.4, -0.2) is 34.7 Å².